The van der Waals surface area contributed by atoms with Crippen LogP contribution in [-0.4, -0.2) is 16.1 Å². The Hall–Kier alpha value is -3.78. The van der Waals surface area contributed by atoms with Gasteiger partial charge in [-0.25, -0.2) is 13.8 Å². The fraction of sp³-hybridized carbons (Fsp3) is 0.167. The lowest BCUT2D eigenvalue weighted by molar-refractivity contribution is -0.115. The third-order valence-corrected chi connectivity index (χ3v) is 5.01. The number of rotatable bonds is 6. The number of amides is 1. The number of carbonyl (C=O) groups excluding carboxylic acids is 1. The second-order valence-corrected chi connectivity index (χ2v) is 7.39. The van der Waals surface area contributed by atoms with Gasteiger partial charge in [-0.1, -0.05) is 24.8 Å². The zero-order valence-corrected chi connectivity index (χ0v) is 18.3. The Labute approximate surface area is 185 Å². The van der Waals surface area contributed by atoms with Crippen LogP contribution in [0.25, 0.3) is 5.70 Å². The Morgan fingerprint density at radius 3 is 2.38 bits per heavy atom. The SMILES string of the molecule is C=C(c1cccc(F)c1C)N(C(C)=O)c1cc(F)c(N(O)Nc2cccc(C)n2)cc1C. The summed E-state index contributed by atoms with van der Waals surface area (Å²) >= 11 is 0. The van der Waals surface area contributed by atoms with Crippen LogP contribution < -0.4 is 15.5 Å². The van der Waals surface area contributed by atoms with Crippen molar-refractivity contribution in [1.82, 2.24) is 4.98 Å². The van der Waals surface area contributed by atoms with E-state index in [9.17, 15) is 14.4 Å². The van der Waals surface area contributed by atoms with Crippen molar-refractivity contribution in [1.29, 1.82) is 0 Å². The molecule has 0 spiro atoms. The molecule has 0 aliphatic carbocycles. The molecule has 1 aromatic heterocycles. The first-order valence-corrected chi connectivity index (χ1v) is 9.84. The average Bonchev–Trinajstić information content (AvgIpc) is 2.72. The number of carbonyl (C=O) groups is 1. The molecule has 166 valence electrons. The van der Waals surface area contributed by atoms with Crippen molar-refractivity contribution in [3.05, 3.63) is 89.1 Å². The molecule has 0 radical (unpaired) electrons. The Kier molecular flexibility index (Phi) is 6.55. The summed E-state index contributed by atoms with van der Waals surface area (Å²) in [6.45, 7) is 10.3. The molecule has 0 aliphatic rings. The third-order valence-electron chi connectivity index (χ3n) is 5.01. The van der Waals surface area contributed by atoms with Gasteiger partial charge in [0.25, 0.3) is 0 Å². The number of nitrogens with zero attached hydrogens (tertiary/aromatic N) is 3. The Morgan fingerprint density at radius 1 is 1.03 bits per heavy atom. The normalized spacial score (nSPS) is 10.6. The molecule has 0 saturated carbocycles. The van der Waals surface area contributed by atoms with Crippen LogP contribution in [0.5, 0.6) is 0 Å². The maximum absolute atomic E-state index is 15.0. The van der Waals surface area contributed by atoms with Crippen molar-refractivity contribution in [2.24, 2.45) is 0 Å². The van der Waals surface area contributed by atoms with Crippen LogP contribution >= 0.6 is 0 Å². The van der Waals surface area contributed by atoms with Gasteiger partial charge >= 0.3 is 0 Å². The monoisotopic (exact) mass is 438 g/mol. The minimum absolute atomic E-state index is 0.161. The van der Waals surface area contributed by atoms with Gasteiger partial charge < -0.3 is 0 Å². The number of nitrogens with one attached hydrogen (secondary N) is 1. The first-order valence-electron chi connectivity index (χ1n) is 9.84. The Morgan fingerprint density at radius 2 is 1.72 bits per heavy atom. The fourth-order valence-corrected chi connectivity index (χ4v) is 3.38. The molecule has 0 atom stereocenters. The highest BCUT2D eigenvalue weighted by atomic mass is 19.1. The zero-order chi connectivity index (χ0) is 23.6. The van der Waals surface area contributed by atoms with E-state index in [2.05, 4.69) is 17.0 Å². The molecule has 1 heterocycles. The van der Waals surface area contributed by atoms with Gasteiger partial charge in [0, 0.05) is 29.9 Å². The Balaban J connectivity index is 1.98. The van der Waals surface area contributed by atoms with Gasteiger partial charge in [0.05, 0.1) is 5.69 Å². The lowest BCUT2D eigenvalue weighted by atomic mass is 10.0. The van der Waals surface area contributed by atoms with Gasteiger partial charge in [-0.05, 0) is 56.2 Å². The lowest BCUT2D eigenvalue weighted by Gasteiger charge is -2.28. The van der Waals surface area contributed by atoms with E-state index >= 15 is 4.39 Å². The smallest absolute Gasteiger partial charge is 0.228 e. The second kappa shape index (κ2) is 9.15. The predicted octanol–water partition coefficient (Wildman–Crippen LogP) is 5.53. The molecule has 0 aliphatic heterocycles. The topological polar surface area (TPSA) is 68.7 Å². The molecule has 32 heavy (non-hydrogen) atoms. The minimum Gasteiger partial charge on any atom is -0.281 e. The van der Waals surface area contributed by atoms with Crippen LogP contribution in [-0.2, 0) is 4.79 Å². The van der Waals surface area contributed by atoms with Gasteiger partial charge in [-0.2, -0.15) is 5.17 Å². The highest BCUT2D eigenvalue weighted by Crippen LogP contribution is 2.34. The van der Waals surface area contributed by atoms with Crippen LogP contribution in [0, 0.1) is 32.4 Å². The van der Waals surface area contributed by atoms with Crippen LogP contribution in [0.15, 0.2) is 55.1 Å². The van der Waals surface area contributed by atoms with Gasteiger partial charge in [0.15, 0.2) is 5.82 Å². The predicted molar refractivity (Wildman–Crippen MR) is 121 cm³/mol. The molecule has 0 saturated heterocycles. The van der Waals surface area contributed by atoms with Crippen molar-refractivity contribution in [2.45, 2.75) is 27.7 Å². The molecule has 3 rings (SSSR count). The van der Waals surface area contributed by atoms with Crippen molar-refractivity contribution in [2.75, 3.05) is 15.5 Å². The molecule has 8 heteroatoms. The minimum atomic E-state index is -0.789. The summed E-state index contributed by atoms with van der Waals surface area (Å²) in [5.74, 6) is -1.31. The van der Waals surface area contributed by atoms with Gasteiger partial charge in [0.1, 0.15) is 17.3 Å². The van der Waals surface area contributed by atoms with Crippen LogP contribution in [0.4, 0.5) is 26.0 Å². The zero-order valence-electron chi connectivity index (χ0n) is 18.3. The van der Waals surface area contributed by atoms with E-state index in [4.69, 9.17) is 0 Å². The van der Waals surface area contributed by atoms with E-state index in [0.717, 1.165) is 11.8 Å². The van der Waals surface area contributed by atoms with E-state index in [1.54, 1.807) is 45.0 Å². The number of pyridine rings is 1. The van der Waals surface area contributed by atoms with Crippen LogP contribution in [0.3, 0.4) is 0 Å². The van der Waals surface area contributed by atoms with Gasteiger partial charge in [-0.15, -0.1) is 0 Å². The molecule has 0 fully saturated rings. The molecule has 6 nitrogen and oxygen atoms in total. The summed E-state index contributed by atoms with van der Waals surface area (Å²) < 4.78 is 29.1. The van der Waals surface area contributed by atoms with Crippen molar-refractivity contribution in [3.63, 3.8) is 0 Å². The maximum Gasteiger partial charge on any atom is 0.228 e. The van der Waals surface area contributed by atoms with Gasteiger partial charge in [0.2, 0.25) is 5.91 Å². The van der Waals surface area contributed by atoms with Crippen molar-refractivity contribution < 1.29 is 18.8 Å². The summed E-state index contributed by atoms with van der Waals surface area (Å²) in [4.78, 5) is 17.9. The summed E-state index contributed by atoms with van der Waals surface area (Å²) in [6.07, 6.45) is 0. The lowest BCUT2D eigenvalue weighted by Crippen LogP contribution is -2.29. The molecule has 2 N–H and O–H groups in total. The fourth-order valence-electron chi connectivity index (χ4n) is 3.38. The number of aryl methyl sites for hydroxylation is 2. The molecule has 0 unspecified atom stereocenters. The first-order chi connectivity index (χ1) is 15.1. The van der Waals surface area contributed by atoms with Crippen LogP contribution in [0.1, 0.15) is 29.3 Å². The number of hydrogen-bond donors (Lipinski definition) is 2. The largest absolute Gasteiger partial charge is 0.281 e. The maximum atomic E-state index is 15.0. The number of halogens is 2. The van der Waals surface area contributed by atoms with E-state index in [1.807, 2.05) is 0 Å². The molecular weight excluding hydrogens is 414 g/mol. The molecular formula is C24H24F2N4O2. The molecule has 1 amide bonds. The van der Waals surface area contributed by atoms with Crippen molar-refractivity contribution >= 4 is 28.8 Å². The molecule has 2 aromatic carbocycles. The Bertz CT molecular complexity index is 1200. The number of benzene rings is 2. The van der Waals surface area contributed by atoms with Crippen molar-refractivity contribution in [3.8, 4) is 0 Å². The highest BCUT2D eigenvalue weighted by molar-refractivity contribution is 6.05. The average molecular weight is 438 g/mol. The summed E-state index contributed by atoms with van der Waals surface area (Å²) in [5, 5.41) is 10.9. The quantitative estimate of drug-likeness (QED) is 0.495. The summed E-state index contributed by atoms with van der Waals surface area (Å²) in [7, 11) is 0. The second-order valence-electron chi connectivity index (χ2n) is 7.39. The highest BCUT2D eigenvalue weighted by Gasteiger charge is 2.23. The summed E-state index contributed by atoms with van der Waals surface area (Å²) in [6, 6.07) is 12.1. The third kappa shape index (κ3) is 4.60. The van der Waals surface area contributed by atoms with E-state index < -0.39 is 17.5 Å². The van der Waals surface area contributed by atoms with Crippen LogP contribution in [0.2, 0.25) is 0 Å². The first kappa shape index (κ1) is 22.9. The molecule has 0 bridgehead atoms. The number of hydrazine groups is 1. The van der Waals surface area contributed by atoms with E-state index in [-0.39, 0.29) is 17.1 Å². The van der Waals surface area contributed by atoms with E-state index in [0.29, 0.717) is 27.7 Å². The van der Waals surface area contributed by atoms with E-state index in [1.165, 1.54) is 30.0 Å². The molecule has 3 aromatic rings. The van der Waals surface area contributed by atoms with Gasteiger partial charge in [-0.3, -0.25) is 20.3 Å². The number of aromatic nitrogens is 1. The standard InChI is InChI=1S/C24H24F2N4O2/c1-14-12-23(30(32)28-24-11-6-8-15(2)27-24)21(26)13-22(14)29(18(5)31)17(4)19-9-7-10-20(25)16(19)3/h6-13,32H,4H2,1-3,5H3,(H,27,28). The number of hydrogen-bond acceptors (Lipinski definition) is 5. The summed E-state index contributed by atoms with van der Waals surface area (Å²) in [5.41, 5.74) is 4.85. The number of anilines is 3.